The molecule has 0 unspecified atom stereocenters. The van der Waals surface area contributed by atoms with Gasteiger partial charge in [0.1, 0.15) is 11.9 Å². The molecule has 0 radical (unpaired) electrons. The number of hydrogen-bond acceptors (Lipinski definition) is 2. The van der Waals surface area contributed by atoms with E-state index in [0.29, 0.717) is 19.4 Å². The Labute approximate surface area is 114 Å². The van der Waals surface area contributed by atoms with E-state index in [1.807, 2.05) is 0 Å². The summed E-state index contributed by atoms with van der Waals surface area (Å²) >= 11 is 5.83. The van der Waals surface area contributed by atoms with Crippen LogP contribution in [0.5, 0.6) is 0 Å². The van der Waals surface area contributed by atoms with Crippen LogP contribution in [0.3, 0.4) is 0 Å². The van der Waals surface area contributed by atoms with Crippen molar-refractivity contribution in [1.82, 2.24) is 4.90 Å². The predicted molar refractivity (Wildman–Crippen MR) is 67.8 cm³/mol. The lowest BCUT2D eigenvalue weighted by molar-refractivity contribution is -0.141. The van der Waals surface area contributed by atoms with Gasteiger partial charge in [-0.3, -0.25) is 0 Å². The molecular weight excluding hydrogens is 275 g/mol. The summed E-state index contributed by atoms with van der Waals surface area (Å²) in [4.78, 5) is 24.2. The van der Waals surface area contributed by atoms with Crippen molar-refractivity contribution in [3.8, 4) is 0 Å². The number of rotatable bonds is 2. The first-order chi connectivity index (χ1) is 8.99. The Morgan fingerprint density at radius 3 is 2.89 bits per heavy atom. The van der Waals surface area contributed by atoms with E-state index < -0.39 is 23.9 Å². The lowest BCUT2D eigenvalue weighted by Gasteiger charge is -2.22. The van der Waals surface area contributed by atoms with E-state index in [1.54, 1.807) is 0 Å². The molecule has 1 aliphatic heterocycles. The zero-order valence-corrected chi connectivity index (χ0v) is 10.7. The number of halogens is 2. The van der Waals surface area contributed by atoms with E-state index in [-0.39, 0.29) is 10.7 Å². The van der Waals surface area contributed by atoms with Crippen molar-refractivity contribution in [2.75, 3.05) is 11.9 Å². The van der Waals surface area contributed by atoms with E-state index in [2.05, 4.69) is 5.32 Å². The molecule has 0 saturated carbocycles. The summed E-state index contributed by atoms with van der Waals surface area (Å²) in [6.45, 7) is 0.357. The van der Waals surface area contributed by atoms with Crippen LogP contribution in [0, 0.1) is 5.82 Å². The van der Waals surface area contributed by atoms with Gasteiger partial charge in [0.15, 0.2) is 0 Å². The number of likely N-dealkylation sites (tertiary alicyclic amines) is 1. The zero-order chi connectivity index (χ0) is 14.0. The van der Waals surface area contributed by atoms with E-state index in [0.717, 1.165) is 6.07 Å². The molecule has 7 heteroatoms. The Hall–Kier alpha value is -1.82. The van der Waals surface area contributed by atoms with Crippen LogP contribution in [-0.4, -0.2) is 34.6 Å². The van der Waals surface area contributed by atoms with Gasteiger partial charge >= 0.3 is 12.0 Å². The number of carbonyl (C=O) groups is 2. The minimum absolute atomic E-state index is 0.128. The summed E-state index contributed by atoms with van der Waals surface area (Å²) in [6.07, 6.45) is 1.04. The molecule has 102 valence electrons. The van der Waals surface area contributed by atoms with Crippen LogP contribution in [0.2, 0.25) is 5.02 Å². The lowest BCUT2D eigenvalue weighted by atomic mass is 10.2. The standard InChI is InChI=1S/C12H12ClFN2O3/c13-8-4-3-7(14)6-9(8)15-12(19)16-5-1-2-10(16)11(17)18/h3-4,6,10H,1-2,5H2,(H,15,19)(H,17,18)/t10-/m1/s1. The minimum Gasteiger partial charge on any atom is -0.480 e. The molecule has 1 heterocycles. The topological polar surface area (TPSA) is 69.6 Å². The maximum atomic E-state index is 13.1. The molecule has 19 heavy (non-hydrogen) atoms. The van der Waals surface area contributed by atoms with Crippen molar-refractivity contribution >= 4 is 29.3 Å². The number of carboxylic acid groups (broad SMARTS) is 1. The third-order valence-electron chi connectivity index (χ3n) is 2.97. The highest BCUT2D eigenvalue weighted by Crippen LogP contribution is 2.24. The van der Waals surface area contributed by atoms with Gasteiger partial charge in [0.05, 0.1) is 10.7 Å². The minimum atomic E-state index is -1.04. The second-order valence-corrected chi connectivity index (χ2v) is 4.65. The lowest BCUT2D eigenvalue weighted by Crippen LogP contribution is -2.42. The Morgan fingerprint density at radius 1 is 1.47 bits per heavy atom. The molecule has 0 spiro atoms. The molecule has 2 amide bonds. The SMILES string of the molecule is O=C(O)[C@H]1CCCN1C(=O)Nc1cc(F)ccc1Cl. The highest BCUT2D eigenvalue weighted by molar-refractivity contribution is 6.33. The molecule has 1 atom stereocenters. The summed E-state index contributed by atoms with van der Waals surface area (Å²) in [6, 6.07) is 2.16. The quantitative estimate of drug-likeness (QED) is 0.878. The van der Waals surface area contributed by atoms with Gasteiger partial charge < -0.3 is 15.3 Å². The first-order valence-corrected chi connectivity index (χ1v) is 6.12. The number of urea groups is 1. The third-order valence-corrected chi connectivity index (χ3v) is 3.30. The first-order valence-electron chi connectivity index (χ1n) is 5.74. The van der Waals surface area contributed by atoms with Crippen molar-refractivity contribution in [3.05, 3.63) is 29.0 Å². The fourth-order valence-corrected chi connectivity index (χ4v) is 2.21. The molecular formula is C12H12ClFN2O3. The van der Waals surface area contributed by atoms with E-state index >= 15 is 0 Å². The number of amides is 2. The molecule has 1 aromatic rings. The fraction of sp³-hybridized carbons (Fsp3) is 0.333. The van der Waals surface area contributed by atoms with Crippen molar-refractivity contribution in [3.63, 3.8) is 0 Å². The number of carboxylic acids is 1. The van der Waals surface area contributed by atoms with Crippen molar-refractivity contribution in [1.29, 1.82) is 0 Å². The molecule has 1 aromatic carbocycles. The molecule has 1 aliphatic rings. The van der Waals surface area contributed by atoms with Gasteiger partial charge in [0, 0.05) is 6.54 Å². The number of anilines is 1. The van der Waals surface area contributed by atoms with Crippen molar-refractivity contribution in [2.24, 2.45) is 0 Å². The fourth-order valence-electron chi connectivity index (χ4n) is 2.05. The molecule has 0 bridgehead atoms. The maximum Gasteiger partial charge on any atom is 0.326 e. The smallest absolute Gasteiger partial charge is 0.326 e. The van der Waals surface area contributed by atoms with Crippen LogP contribution >= 0.6 is 11.6 Å². The first kappa shape index (κ1) is 13.6. The summed E-state index contributed by atoms with van der Waals surface area (Å²) in [5.74, 6) is -1.58. The number of hydrogen-bond donors (Lipinski definition) is 2. The van der Waals surface area contributed by atoms with Gasteiger partial charge in [-0.15, -0.1) is 0 Å². The van der Waals surface area contributed by atoms with Gasteiger partial charge in [-0.25, -0.2) is 14.0 Å². The Balaban J connectivity index is 2.12. The Morgan fingerprint density at radius 2 is 2.21 bits per heavy atom. The van der Waals surface area contributed by atoms with Crippen LogP contribution in [0.4, 0.5) is 14.9 Å². The molecule has 0 aliphatic carbocycles. The van der Waals surface area contributed by atoms with Gasteiger partial charge in [-0.2, -0.15) is 0 Å². The molecule has 5 nitrogen and oxygen atoms in total. The van der Waals surface area contributed by atoms with Crippen molar-refractivity contribution < 1.29 is 19.1 Å². The van der Waals surface area contributed by atoms with Gasteiger partial charge in [-0.05, 0) is 31.0 Å². The number of carbonyl (C=O) groups excluding carboxylic acids is 1. The van der Waals surface area contributed by atoms with Crippen LogP contribution in [0.1, 0.15) is 12.8 Å². The number of benzene rings is 1. The van der Waals surface area contributed by atoms with Crippen LogP contribution in [0.15, 0.2) is 18.2 Å². The normalized spacial score (nSPS) is 18.4. The van der Waals surface area contributed by atoms with Gasteiger partial charge in [-0.1, -0.05) is 11.6 Å². The monoisotopic (exact) mass is 286 g/mol. The average molecular weight is 287 g/mol. The van der Waals surface area contributed by atoms with Crippen LogP contribution in [0.25, 0.3) is 0 Å². The van der Waals surface area contributed by atoms with Crippen LogP contribution < -0.4 is 5.32 Å². The molecule has 1 fully saturated rings. The van der Waals surface area contributed by atoms with Gasteiger partial charge in [0.2, 0.25) is 0 Å². The second kappa shape index (κ2) is 5.44. The summed E-state index contributed by atoms with van der Waals surface area (Å²) < 4.78 is 13.1. The summed E-state index contributed by atoms with van der Waals surface area (Å²) in [7, 11) is 0. The molecule has 1 saturated heterocycles. The van der Waals surface area contributed by atoms with Gasteiger partial charge in [0.25, 0.3) is 0 Å². The second-order valence-electron chi connectivity index (χ2n) is 4.24. The van der Waals surface area contributed by atoms with E-state index in [1.165, 1.54) is 17.0 Å². The van der Waals surface area contributed by atoms with E-state index in [4.69, 9.17) is 16.7 Å². The molecule has 0 aromatic heterocycles. The Bertz CT molecular complexity index is 524. The number of nitrogens with zero attached hydrogens (tertiary/aromatic N) is 1. The van der Waals surface area contributed by atoms with Crippen LogP contribution in [-0.2, 0) is 4.79 Å². The summed E-state index contributed by atoms with van der Waals surface area (Å²) in [5.41, 5.74) is 0.128. The average Bonchev–Trinajstić information content (AvgIpc) is 2.83. The summed E-state index contributed by atoms with van der Waals surface area (Å²) in [5, 5.41) is 11.6. The largest absolute Gasteiger partial charge is 0.480 e. The number of nitrogens with one attached hydrogen (secondary N) is 1. The predicted octanol–water partition coefficient (Wildman–Crippen LogP) is 2.56. The number of aliphatic carboxylic acids is 1. The zero-order valence-electron chi connectivity index (χ0n) is 9.90. The van der Waals surface area contributed by atoms with Crippen molar-refractivity contribution in [2.45, 2.75) is 18.9 Å². The highest BCUT2D eigenvalue weighted by Gasteiger charge is 2.34. The maximum absolute atomic E-state index is 13.1. The molecule has 2 N–H and O–H groups in total. The third kappa shape index (κ3) is 2.96. The van der Waals surface area contributed by atoms with E-state index in [9.17, 15) is 14.0 Å². The highest BCUT2D eigenvalue weighted by atomic mass is 35.5. The molecule has 2 rings (SSSR count). The Kier molecular flexibility index (Phi) is 3.90.